The highest BCUT2D eigenvalue weighted by atomic mass is 16.6. The number of hydrogen-bond donors (Lipinski definition) is 0. The Bertz CT molecular complexity index is 890. The first kappa shape index (κ1) is 21.0. The third kappa shape index (κ3) is 4.66. The van der Waals surface area contributed by atoms with E-state index in [1.807, 2.05) is 45.2 Å². The highest BCUT2D eigenvalue weighted by molar-refractivity contribution is 5.93. The smallest absolute Gasteiger partial charge is 0.418 e. The van der Waals surface area contributed by atoms with Crippen molar-refractivity contribution in [1.29, 1.82) is 0 Å². The fourth-order valence-corrected chi connectivity index (χ4v) is 3.36. The Hall–Kier alpha value is -2.70. The summed E-state index contributed by atoms with van der Waals surface area (Å²) >= 11 is 0. The number of unbranched alkanes of at least 4 members (excludes halogenated alkanes) is 1. The van der Waals surface area contributed by atoms with Crippen LogP contribution in [0.15, 0.2) is 24.4 Å². The molecule has 2 aromatic rings. The average molecular weight is 402 g/mol. The first-order valence-corrected chi connectivity index (χ1v) is 10.1. The molecule has 0 unspecified atom stereocenters. The quantitative estimate of drug-likeness (QED) is 0.674. The number of nitrogens with zero attached hydrogens (tertiary/aromatic N) is 2. The second kappa shape index (κ2) is 8.35. The van der Waals surface area contributed by atoms with Crippen molar-refractivity contribution in [3.05, 3.63) is 30.0 Å². The third-order valence-electron chi connectivity index (χ3n) is 4.94. The summed E-state index contributed by atoms with van der Waals surface area (Å²) in [4.78, 5) is 26.5. The first-order chi connectivity index (χ1) is 13.7. The number of amides is 1. The van der Waals surface area contributed by atoms with Crippen molar-refractivity contribution >= 4 is 23.1 Å². The molecule has 158 valence electrons. The number of methoxy groups -OCH3 is 1. The number of carbonyl (C=O) groups excluding carboxylic acids is 2. The van der Waals surface area contributed by atoms with Gasteiger partial charge in [0.05, 0.1) is 19.2 Å². The van der Waals surface area contributed by atoms with Crippen LogP contribution in [0.5, 0.6) is 5.75 Å². The molecule has 0 spiro atoms. The van der Waals surface area contributed by atoms with Gasteiger partial charge < -0.3 is 19.1 Å². The van der Waals surface area contributed by atoms with Crippen LogP contribution in [0.3, 0.4) is 0 Å². The average Bonchev–Trinajstić information content (AvgIpc) is 2.97. The summed E-state index contributed by atoms with van der Waals surface area (Å²) in [6, 6.07) is 5.62. The van der Waals surface area contributed by atoms with Crippen LogP contribution in [0.1, 0.15) is 52.0 Å². The lowest BCUT2D eigenvalue weighted by Gasteiger charge is -2.39. The fourth-order valence-electron chi connectivity index (χ4n) is 3.36. The second-order valence-corrected chi connectivity index (χ2v) is 8.39. The Labute approximate surface area is 171 Å². The monoisotopic (exact) mass is 402 g/mol. The SMILES string of the molecule is CCCCOC(=O)n1cc(C2CN(C(=O)OC(C)(C)C)C2)c2cc(OC)ccc21. The number of fused-ring (bicyclic) bond motifs is 1. The molecule has 1 fully saturated rings. The largest absolute Gasteiger partial charge is 0.497 e. The molecule has 29 heavy (non-hydrogen) atoms. The molecule has 1 aromatic carbocycles. The number of likely N-dealkylation sites (tertiary alicyclic amines) is 1. The van der Waals surface area contributed by atoms with Crippen LogP contribution in [-0.4, -0.2) is 54.1 Å². The molecular weight excluding hydrogens is 372 g/mol. The van der Waals surface area contributed by atoms with E-state index in [-0.39, 0.29) is 18.1 Å². The lowest BCUT2D eigenvalue weighted by molar-refractivity contribution is 0.00826. The zero-order valence-electron chi connectivity index (χ0n) is 17.9. The predicted octanol–water partition coefficient (Wildman–Crippen LogP) is 4.77. The van der Waals surface area contributed by atoms with E-state index in [4.69, 9.17) is 14.2 Å². The van der Waals surface area contributed by atoms with E-state index in [2.05, 4.69) is 6.92 Å². The number of benzene rings is 1. The van der Waals surface area contributed by atoms with Gasteiger partial charge in [0.25, 0.3) is 0 Å². The first-order valence-electron chi connectivity index (χ1n) is 10.1. The third-order valence-corrected chi connectivity index (χ3v) is 4.94. The maximum atomic E-state index is 12.6. The van der Waals surface area contributed by atoms with Crippen LogP contribution >= 0.6 is 0 Å². The number of aromatic nitrogens is 1. The molecule has 1 aliphatic heterocycles. The Morgan fingerprint density at radius 1 is 1.17 bits per heavy atom. The summed E-state index contributed by atoms with van der Waals surface area (Å²) in [5.74, 6) is 0.848. The van der Waals surface area contributed by atoms with E-state index in [0.717, 1.165) is 35.1 Å². The van der Waals surface area contributed by atoms with Gasteiger partial charge in [-0.25, -0.2) is 9.59 Å². The minimum atomic E-state index is -0.520. The Kier molecular flexibility index (Phi) is 6.05. The topological polar surface area (TPSA) is 70.0 Å². The molecule has 1 aliphatic rings. The van der Waals surface area contributed by atoms with Gasteiger partial charge in [-0.2, -0.15) is 0 Å². The van der Waals surface area contributed by atoms with Gasteiger partial charge in [0, 0.05) is 30.6 Å². The molecule has 0 atom stereocenters. The van der Waals surface area contributed by atoms with Crippen LogP contribution in [0.2, 0.25) is 0 Å². The Morgan fingerprint density at radius 3 is 2.52 bits per heavy atom. The van der Waals surface area contributed by atoms with E-state index in [1.54, 1.807) is 16.6 Å². The minimum Gasteiger partial charge on any atom is -0.497 e. The molecule has 0 saturated carbocycles. The summed E-state index contributed by atoms with van der Waals surface area (Å²) in [6.45, 7) is 9.11. The zero-order chi connectivity index (χ0) is 21.2. The van der Waals surface area contributed by atoms with Crippen molar-refractivity contribution in [2.45, 2.75) is 52.1 Å². The summed E-state index contributed by atoms with van der Waals surface area (Å²) in [7, 11) is 1.62. The van der Waals surface area contributed by atoms with Crippen LogP contribution in [0, 0.1) is 0 Å². The minimum absolute atomic E-state index is 0.127. The predicted molar refractivity (Wildman–Crippen MR) is 111 cm³/mol. The maximum Gasteiger partial charge on any atom is 0.418 e. The van der Waals surface area contributed by atoms with Crippen molar-refractivity contribution in [3.63, 3.8) is 0 Å². The Balaban J connectivity index is 1.82. The molecule has 2 heterocycles. The van der Waals surface area contributed by atoms with E-state index in [9.17, 15) is 9.59 Å². The summed E-state index contributed by atoms with van der Waals surface area (Å²) < 4.78 is 17.7. The normalized spacial score (nSPS) is 14.6. The summed E-state index contributed by atoms with van der Waals surface area (Å²) in [6.07, 6.45) is 2.93. The molecule has 0 bridgehead atoms. The van der Waals surface area contributed by atoms with Gasteiger partial charge in [-0.05, 0) is 51.0 Å². The van der Waals surface area contributed by atoms with Gasteiger partial charge in [-0.15, -0.1) is 0 Å². The molecule has 1 amide bonds. The fraction of sp³-hybridized carbons (Fsp3) is 0.545. The van der Waals surface area contributed by atoms with Crippen molar-refractivity contribution < 1.29 is 23.8 Å². The van der Waals surface area contributed by atoms with Gasteiger partial charge in [0.1, 0.15) is 11.4 Å². The van der Waals surface area contributed by atoms with E-state index in [1.165, 1.54) is 0 Å². The Morgan fingerprint density at radius 2 is 1.90 bits per heavy atom. The van der Waals surface area contributed by atoms with Crippen LogP contribution in [0.25, 0.3) is 10.9 Å². The van der Waals surface area contributed by atoms with E-state index < -0.39 is 5.60 Å². The summed E-state index contributed by atoms with van der Waals surface area (Å²) in [5.41, 5.74) is 1.26. The zero-order valence-corrected chi connectivity index (χ0v) is 17.9. The van der Waals surface area contributed by atoms with Crippen LogP contribution in [-0.2, 0) is 9.47 Å². The molecular formula is C22H30N2O5. The molecule has 0 N–H and O–H groups in total. The molecule has 0 aliphatic carbocycles. The van der Waals surface area contributed by atoms with E-state index in [0.29, 0.717) is 19.7 Å². The maximum absolute atomic E-state index is 12.6. The number of rotatable bonds is 5. The van der Waals surface area contributed by atoms with Crippen LogP contribution < -0.4 is 4.74 Å². The van der Waals surface area contributed by atoms with Crippen LogP contribution in [0.4, 0.5) is 9.59 Å². The number of ether oxygens (including phenoxy) is 3. The molecule has 3 rings (SSSR count). The molecule has 1 aromatic heterocycles. The standard InChI is InChI=1S/C22H30N2O5/c1-6-7-10-28-21(26)24-14-18(17-11-16(27-5)8-9-19(17)24)15-12-23(13-15)20(25)29-22(2,3)4/h8-9,11,14-15H,6-7,10,12-13H2,1-5H3. The highest BCUT2D eigenvalue weighted by Gasteiger charge is 2.36. The van der Waals surface area contributed by atoms with Gasteiger partial charge in [-0.3, -0.25) is 4.57 Å². The van der Waals surface area contributed by atoms with Crippen molar-refractivity contribution in [2.24, 2.45) is 0 Å². The second-order valence-electron chi connectivity index (χ2n) is 8.39. The van der Waals surface area contributed by atoms with Crippen molar-refractivity contribution in [1.82, 2.24) is 9.47 Å². The van der Waals surface area contributed by atoms with Gasteiger partial charge >= 0.3 is 12.2 Å². The number of hydrogen-bond acceptors (Lipinski definition) is 5. The van der Waals surface area contributed by atoms with E-state index >= 15 is 0 Å². The van der Waals surface area contributed by atoms with Crippen molar-refractivity contribution in [3.8, 4) is 5.75 Å². The molecule has 0 radical (unpaired) electrons. The lowest BCUT2D eigenvalue weighted by Crippen LogP contribution is -2.50. The summed E-state index contributed by atoms with van der Waals surface area (Å²) in [5, 5.41) is 0.936. The highest BCUT2D eigenvalue weighted by Crippen LogP contribution is 2.36. The van der Waals surface area contributed by atoms with Gasteiger partial charge in [-0.1, -0.05) is 13.3 Å². The lowest BCUT2D eigenvalue weighted by atomic mass is 9.91. The van der Waals surface area contributed by atoms with Gasteiger partial charge in [0.2, 0.25) is 0 Å². The number of carbonyl (C=O) groups is 2. The van der Waals surface area contributed by atoms with Crippen molar-refractivity contribution in [2.75, 3.05) is 26.8 Å². The molecule has 7 heteroatoms. The van der Waals surface area contributed by atoms with Gasteiger partial charge in [0.15, 0.2) is 0 Å². The molecule has 1 saturated heterocycles. The molecule has 7 nitrogen and oxygen atoms in total.